The first-order valence-electron chi connectivity index (χ1n) is 6.83. The number of nitrogens with zero attached hydrogens (tertiary/aromatic N) is 2. The van der Waals surface area contributed by atoms with Crippen LogP contribution in [0.5, 0.6) is 0 Å². The number of benzene rings is 1. The van der Waals surface area contributed by atoms with Crippen LogP contribution < -0.4 is 5.32 Å². The third-order valence-corrected chi connectivity index (χ3v) is 4.17. The topological polar surface area (TPSA) is 68.0 Å². The Kier molecular flexibility index (Phi) is 5.47. The molecular weight excluding hydrogens is 322 g/mol. The van der Waals surface area contributed by atoms with E-state index in [1.54, 1.807) is 23.9 Å². The first kappa shape index (κ1) is 16.8. The number of thioether (sulfide) groups is 1. The van der Waals surface area contributed by atoms with Gasteiger partial charge in [-0.1, -0.05) is 37.5 Å². The summed E-state index contributed by atoms with van der Waals surface area (Å²) < 4.78 is 5.19. The van der Waals surface area contributed by atoms with E-state index >= 15 is 0 Å². The molecule has 1 heterocycles. The molecule has 2 rings (SSSR count). The quantitative estimate of drug-likeness (QED) is 0.902. The molecule has 0 fully saturated rings. The Morgan fingerprint density at radius 1 is 1.32 bits per heavy atom. The summed E-state index contributed by atoms with van der Waals surface area (Å²) in [6.07, 6.45) is 0. The normalized spacial score (nSPS) is 11.5. The largest absolute Gasteiger partial charge is 0.346 e. The van der Waals surface area contributed by atoms with E-state index in [4.69, 9.17) is 16.1 Å². The zero-order valence-corrected chi connectivity index (χ0v) is 14.3. The predicted octanol–water partition coefficient (Wildman–Crippen LogP) is 3.54. The summed E-state index contributed by atoms with van der Waals surface area (Å²) in [6.45, 7) is 6.44. The number of hydrogen-bond acceptors (Lipinski definition) is 5. The number of amides is 1. The zero-order chi connectivity index (χ0) is 16.2. The van der Waals surface area contributed by atoms with Gasteiger partial charge in [-0.25, -0.2) is 0 Å². The van der Waals surface area contributed by atoms with Crippen LogP contribution in [0, 0.1) is 0 Å². The maximum Gasteiger partial charge on any atom is 0.246 e. The van der Waals surface area contributed by atoms with E-state index in [9.17, 15) is 4.79 Å². The highest BCUT2D eigenvalue weighted by Gasteiger charge is 2.14. The molecule has 0 spiro atoms. The van der Waals surface area contributed by atoms with Gasteiger partial charge in [-0.15, -0.1) is 11.8 Å². The molecule has 0 atom stereocenters. The van der Waals surface area contributed by atoms with E-state index in [-0.39, 0.29) is 17.2 Å². The van der Waals surface area contributed by atoms with Crippen LogP contribution in [0.25, 0.3) is 11.4 Å². The second kappa shape index (κ2) is 7.15. The van der Waals surface area contributed by atoms with Crippen molar-refractivity contribution in [1.29, 1.82) is 0 Å². The van der Waals surface area contributed by atoms with Crippen molar-refractivity contribution in [3.63, 3.8) is 0 Å². The van der Waals surface area contributed by atoms with E-state index in [0.717, 1.165) is 5.56 Å². The van der Waals surface area contributed by atoms with Gasteiger partial charge in [0.2, 0.25) is 17.6 Å². The number of carbonyl (C=O) groups excluding carboxylic acids is 1. The minimum Gasteiger partial charge on any atom is -0.346 e. The van der Waals surface area contributed by atoms with Gasteiger partial charge < -0.3 is 9.84 Å². The smallest absolute Gasteiger partial charge is 0.246 e. The van der Waals surface area contributed by atoms with Gasteiger partial charge in [0.1, 0.15) is 0 Å². The van der Waals surface area contributed by atoms with Crippen molar-refractivity contribution >= 4 is 29.3 Å². The van der Waals surface area contributed by atoms with Gasteiger partial charge in [0.25, 0.3) is 0 Å². The molecule has 0 saturated heterocycles. The lowest BCUT2D eigenvalue weighted by Crippen LogP contribution is -2.26. The van der Waals surface area contributed by atoms with Gasteiger partial charge in [-0.3, -0.25) is 4.79 Å². The van der Waals surface area contributed by atoms with Gasteiger partial charge in [0.15, 0.2) is 0 Å². The molecule has 0 bridgehead atoms. The lowest BCUT2D eigenvalue weighted by atomic mass is 10.2. The van der Waals surface area contributed by atoms with Crippen molar-refractivity contribution in [2.45, 2.75) is 32.1 Å². The Balaban J connectivity index is 1.87. The van der Waals surface area contributed by atoms with Crippen molar-refractivity contribution in [1.82, 2.24) is 15.5 Å². The second-order valence-corrected chi connectivity index (χ2v) is 7.93. The molecule has 2 aromatic rings. The van der Waals surface area contributed by atoms with E-state index in [1.165, 1.54) is 0 Å². The maximum atomic E-state index is 11.7. The molecule has 0 aliphatic carbocycles. The SMILES string of the molecule is CC(C)(C)SCC(=O)NCc1nc(-c2ccc(Cl)cc2)no1. The molecule has 0 radical (unpaired) electrons. The molecule has 0 aliphatic rings. The Morgan fingerprint density at radius 3 is 2.64 bits per heavy atom. The van der Waals surface area contributed by atoms with E-state index in [1.807, 2.05) is 12.1 Å². The van der Waals surface area contributed by atoms with Crippen LogP contribution in [0.3, 0.4) is 0 Å². The Bertz CT molecular complexity index is 635. The van der Waals surface area contributed by atoms with Crippen LogP contribution in [0.1, 0.15) is 26.7 Å². The highest BCUT2D eigenvalue weighted by molar-refractivity contribution is 8.01. The summed E-state index contributed by atoms with van der Waals surface area (Å²) in [5.41, 5.74) is 0.814. The summed E-state index contributed by atoms with van der Waals surface area (Å²) >= 11 is 7.43. The molecule has 1 amide bonds. The fraction of sp³-hybridized carbons (Fsp3) is 0.400. The van der Waals surface area contributed by atoms with Crippen molar-refractivity contribution < 1.29 is 9.32 Å². The summed E-state index contributed by atoms with van der Waals surface area (Å²) in [5.74, 6) is 1.21. The third kappa shape index (κ3) is 5.35. The van der Waals surface area contributed by atoms with Crippen LogP contribution >= 0.6 is 23.4 Å². The number of hydrogen-bond donors (Lipinski definition) is 1. The molecule has 5 nitrogen and oxygen atoms in total. The average Bonchev–Trinajstić information content (AvgIpc) is 2.92. The number of aromatic nitrogens is 2. The van der Waals surface area contributed by atoms with Gasteiger partial charge in [-0.2, -0.15) is 4.98 Å². The van der Waals surface area contributed by atoms with E-state index in [2.05, 4.69) is 36.2 Å². The molecule has 0 aliphatic heterocycles. The molecule has 0 saturated carbocycles. The average molecular weight is 340 g/mol. The Labute approximate surface area is 138 Å². The molecular formula is C15H18ClN3O2S. The molecule has 7 heteroatoms. The Hall–Kier alpha value is -1.53. The zero-order valence-electron chi connectivity index (χ0n) is 12.7. The summed E-state index contributed by atoms with van der Waals surface area (Å²) in [5, 5.41) is 7.31. The number of rotatable bonds is 5. The number of nitrogens with one attached hydrogen (secondary N) is 1. The first-order valence-corrected chi connectivity index (χ1v) is 8.19. The lowest BCUT2D eigenvalue weighted by molar-refractivity contribution is -0.118. The summed E-state index contributed by atoms with van der Waals surface area (Å²) in [7, 11) is 0. The fourth-order valence-corrected chi connectivity index (χ4v) is 2.34. The van der Waals surface area contributed by atoms with Gasteiger partial charge in [-0.05, 0) is 24.3 Å². The molecule has 1 aromatic carbocycles. The molecule has 22 heavy (non-hydrogen) atoms. The molecule has 1 aromatic heterocycles. The number of carbonyl (C=O) groups is 1. The molecule has 1 N–H and O–H groups in total. The van der Waals surface area contributed by atoms with Crippen molar-refractivity contribution in [2.75, 3.05) is 5.75 Å². The predicted molar refractivity (Wildman–Crippen MR) is 88.8 cm³/mol. The number of halogens is 1. The summed E-state index contributed by atoms with van der Waals surface area (Å²) in [4.78, 5) is 16.0. The lowest BCUT2D eigenvalue weighted by Gasteiger charge is -2.16. The minimum absolute atomic E-state index is 0.0498. The Morgan fingerprint density at radius 2 is 2.00 bits per heavy atom. The molecule has 118 valence electrons. The standard InChI is InChI=1S/C15H18ClN3O2S/c1-15(2,3)22-9-12(20)17-8-13-18-14(19-21-13)10-4-6-11(16)7-5-10/h4-7H,8-9H2,1-3H3,(H,17,20). The van der Waals surface area contributed by atoms with Crippen LogP contribution in [-0.2, 0) is 11.3 Å². The van der Waals surface area contributed by atoms with Crippen molar-refractivity contribution in [2.24, 2.45) is 0 Å². The van der Waals surface area contributed by atoms with E-state index < -0.39 is 0 Å². The van der Waals surface area contributed by atoms with E-state index in [0.29, 0.717) is 22.5 Å². The van der Waals surface area contributed by atoms with Gasteiger partial charge in [0.05, 0.1) is 12.3 Å². The van der Waals surface area contributed by atoms with Crippen LogP contribution in [0.2, 0.25) is 5.02 Å². The second-order valence-electron chi connectivity index (χ2n) is 5.70. The van der Waals surface area contributed by atoms with Crippen molar-refractivity contribution in [3.05, 3.63) is 35.2 Å². The van der Waals surface area contributed by atoms with Crippen LogP contribution in [0.4, 0.5) is 0 Å². The van der Waals surface area contributed by atoms with Gasteiger partial charge >= 0.3 is 0 Å². The van der Waals surface area contributed by atoms with Crippen LogP contribution in [0.15, 0.2) is 28.8 Å². The van der Waals surface area contributed by atoms with Crippen LogP contribution in [-0.4, -0.2) is 26.5 Å². The minimum atomic E-state index is -0.0498. The fourth-order valence-electron chi connectivity index (χ4n) is 1.55. The maximum absolute atomic E-state index is 11.7. The van der Waals surface area contributed by atoms with Crippen molar-refractivity contribution in [3.8, 4) is 11.4 Å². The molecule has 0 unspecified atom stereocenters. The first-order chi connectivity index (χ1) is 10.3. The highest BCUT2D eigenvalue weighted by Crippen LogP contribution is 2.22. The summed E-state index contributed by atoms with van der Waals surface area (Å²) in [6, 6.07) is 7.15. The monoisotopic (exact) mass is 339 g/mol. The third-order valence-electron chi connectivity index (χ3n) is 2.64. The van der Waals surface area contributed by atoms with Gasteiger partial charge in [0, 0.05) is 15.3 Å². The highest BCUT2D eigenvalue weighted by atomic mass is 35.5.